The van der Waals surface area contributed by atoms with Crippen LogP contribution in [0.25, 0.3) is 0 Å². The van der Waals surface area contributed by atoms with Gasteiger partial charge in [0.15, 0.2) is 5.69 Å². The molecule has 0 saturated heterocycles. The number of nitrogens with zero attached hydrogens (tertiary/aromatic N) is 2. The second-order valence-corrected chi connectivity index (χ2v) is 4.34. The lowest BCUT2D eigenvalue weighted by atomic mass is 10.2. The lowest BCUT2D eigenvalue weighted by molar-refractivity contribution is 0.0718. The van der Waals surface area contributed by atoms with Gasteiger partial charge in [-0.3, -0.25) is 4.79 Å². The van der Waals surface area contributed by atoms with Crippen LogP contribution in [0.5, 0.6) is 0 Å². The first-order chi connectivity index (χ1) is 8.74. The van der Waals surface area contributed by atoms with Crippen LogP contribution in [0.1, 0.15) is 29.8 Å². The summed E-state index contributed by atoms with van der Waals surface area (Å²) < 4.78 is 5.34. The van der Waals surface area contributed by atoms with Gasteiger partial charge >= 0.3 is 0 Å². The maximum Gasteiger partial charge on any atom is 0.272 e. The van der Waals surface area contributed by atoms with Crippen molar-refractivity contribution < 1.29 is 9.53 Å². The summed E-state index contributed by atoms with van der Waals surface area (Å²) >= 11 is 0. The zero-order valence-corrected chi connectivity index (χ0v) is 10.6. The number of amides is 1. The van der Waals surface area contributed by atoms with Gasteiger partial charge in [0.05, 0.1) is 12.1 Å². The van der Waals surface area contributed by atoms with Gasteiger partial charge in [0.2, 0.25) is 0 Å². The predicted octanol–water partition coefficient (Wildman–Crippen LogP) is 0.816. The number of hydrogen-bond donors (Lipinski definition) is 2. The normalized spacial score (nSPS) is 22.8. The summed E-state index contributed by atoms with van der Waals surface area (Å²) in [5, 5.41) is 13.6. The van der Waals surface area contributed by atoms with Crippen molar-refractivity contribution >= 4 is 11.7 Å². The Morgan fingerprint density at radius 1 is 1.39 bits per heavy atom. The van der Waals surface area contributed by atoms with Crippen molar-refractivity contribution in [3.8, 4) is 0 Å². The molecule has 1 heterocycles. The minimum absolute atomic E-state index is 0.0771. The molecule has 1 amide bonds. The number of hydrogen-bond acceptors (Lipinski definition) is 5. The van der Waals surface area contributed by atoms with Crippen LogP contribution in [0.4, 0.5) is 5.82 Å². The number of carbonyl (C=O) groups is 1. The summed E-state index contributed by atoms with van der Waals surface area (Å²) in [7, 11) is 3.43. The highest BCUT2D eigenvalue weighted by atomic mass is 16.5. The average molecular weight is 250 g/mol. The molecule has 1 fully saturated rings. The van der Waals surface area contributed by atoms with E-state index in [1.165, 1.54) is 0 Å². The molecule has 0 aromatic carbocycles. The second-order valence-electron chi connectivity index (χ2n) is 4.34. The van der Waals surface area contributed by atoms with E-state index in [0.29, 0.717) is 11.5 Å². The number of anilines is 1. The molecule has 0 bridgehead atoms. The zero-order valence-electron chi connectivity index (χ0n) is 10.6. The van der Waals surface area contributed by atoms with E-state index in [1.54, 1.807) is 26.3 Å². The summed E-state index contributed by atoms with van der Waals surface area (Å²) in [5.41, 5.74) is 0.329. The molecule has 98 valence electrons. The fraction of sp³-hybridized carbons (Fsp3) is 0.583. The van der Waals surface area contributed by atoms with Crippen LogP contribution in [0.15, 0.2) is 12.1 Å². The highest BCUT2D eigenvalue weighted by molar-refractivity contribution is 5.92. The van der Waals surface area contributed by atoms with Crippen LogP contribution in [0.2, 0.25) is 0 Å². The topological polar surface area (TPSA) is 76.1 Å². The van der Waals surface area contributed by atoms with Gasteiger partial charge in [-0.05, 0) is 31.4 Å². The van der Waals surface area contributed by atoms with Gasteiger partial charge in [0.1, 0.15) is 5.82 Å². The summed E-state index contributed by atoms with van der Waals surface area (Å²) in [4.78, 5) is 12.0. The molecule has 2 unspecified atom stereocenters. The maximum absolute atomic E-state index is 12.0. The summed E-state index contributed by atoms with van der Waals surface area (Å²) in [5.74, 6) is 0.446. The lowest BCUT2D eigenvalue weighted by Crippen LogP contribution is -2.41. The summed E-state index contributed by atoms with van der Waals surface area (Å²) in [6.07, 6.45) is 3.13. The molecule has 2 rings (SSSR count). The van der Waals surface area contributed by atoms with Gasteiger partial charge in [0.25, 0.3) is 5.91 Å². The van der Waals surface area contributed by atoms with Crippen molar-refractivity contribution in [1.29, 1.82) is 0 Å². The molecule has 1 aromatic rings. The van der Waals surface area contributed by atoms with Gasteiger partial charge < -0.3 is 15.4 Å². The van der Waals surface area contributed by atoms with E-state index >= 15 is 0 Å². The van der Waals surface area contributed by atoms with Gasteiger partial charge in [-0.15, -0.1) is 10.2 Å². The van der Waals surface area contributed by atoms with E-state index in [1.807, 2.05) is 0 Å². The Hall–Kier alpha value is -1.69. The minimum Gasteiger partial charge on any atom is -0.379 e. The smallest absolute Gasteiger partial charge is 0.272 e. The monoisotopic (exact) mass is 250 g/mol. The largest absolute Gasteiger partial charge is 0.379 e. The molecule has 1 aromatic heterocycles. The van der Waals surface area contributed by atoms with Crippen LogP contribution >= 0.6 is 0 Å². The second kappa shape index (κ2) is 5.77. The Kier molecular flexibility index (Phi) is 4.09. The molecule has 6 heteroatoms. The highest BCUT2D eigenvalue weighted by Crippen LogP contribution is 2.21. The molecule has 6 nitrogen and oxygen atoms in total. The van der Waals surface area contributed by atoms with Crippen molar-refractivity contribution in [3.05, 3.63) is 17.8 Å². The molecule has 1 saturated carbocycles. The zero-order chi connectivity index (χ0) is 13.0. The van der Waals surface area contributed by atoms with E-state index in [9.17, 15) is 4.79 Å². The van der Waals surface area contributed by atoms with E-state index in [-0.39, 0.29) is 18.1 Å². The number of ether oxygens (including phenoxy) is 1. The molecular formula is C12H18N4O2. The number of rotatable bonds is 4. The van der Waals surface area contributed by atoms with Crippen molar-refractivity contribution in [2.45, 2.75) is 31.4 Å². The first kappa shape index (κ1) is 12.8. The number of carbonyl (C=O) groups excluding carboxylic acids is 1. The Morgan fingerprint density at radius 3 is 2.83 bits per heavy atom. The van der Waals surface area contributed by atoms with Crippen LogP contribution < -0.4 is 10.6 Å². The molecular weight excluding hydrogens is 232 g/mol. The predicted molar refractivity (Wildman–Crippen MR) is 67.5 cm³/mol. The standard InChI is InChI=1S/C12H18N4O2/c1-13-11-7-6-9(15-16-11)12(17)14-8-4-3-5-10(8)18-2/h6-8,10H,3-5H2,1-2H3,(H,13,16)(H,14,17). The third-order valence-electron chi connectivity index (χ3n) is 3.23. The fourth-order valence-corrected chi connectivity index (χ4v) is 2.20. The van der Waals surface area contributed by atoms with Crippen molar-refractivity contribution in [3.63, 3.8) is 0 Å². The van der Waals surface area contributed by atoms with E-state index < -0.39 is 0 Å². The molecule has 18 heavy (non-hydrogen) atoms. The van der Waals surface area contributed by atoms with Crippen LogP contribution in [-0.4, -0.2) is 42.4 Å². The van der Waals surface area contributed by atoms with E-state index in [0.717, 1.165) is 19.3 Å². The molecule has 1 aliphatic carbocycles. The lowest BCUT2D eigenvalue weighted by Gasteiger charge is -2.19. The van der Waals surface area contributed by atoms with Gasteiger partial charge in [-0.1, -0.05) is 0 Å². The third kappa shape index (κ3) is 2.76. The molecule has 1 aliphatic rings. The number of aromatic nitrogens is 2. The summed E-state index contributed by atoms with van der Waals surface area (Å²) in [6, 6.07) is 3.46. The Morgan fingerprint density at radius 2 is 2.22 bits per heavy atom. The molecule has 0 radical (unpaired) electrons. The Bertz CT molecular complexity index is 407. The SMILES string of the molecule is CNc1ccc(C(=O)NC2CCCC2OC)nn1. The third-order valence-corrected chi connectivity index (χ3v) is 3.23. The molecule has 2 N–H and O–H groups in total. The van der Waals surface area contributed by atoms with Gasteiger partial charge in [-0.25, -0.2) is 0 Å². The fourth-order valence-electron chi connectivity index (χ4n) is 2.20. The van der Waals surface area contributed by atoms with Gasteiger partial charge in [-0.2, -0.15) is 0 Å². The Balaban J connectivity index is 1.98. The molecule has 2 atom stereocenters. The highest BCUT2D eigenvalue weighted by Gasteiger charge is 2.28. The van der Waals surface area contributed by atoms with Crippen molar-refractivity contribution in [1.82, 2.24) is 15.5 Å². The van der Waals surface area contributed by atoms with Crippen LogP contribution in [0.3, 0.4) is 0 Å². The first-order valence-electron chi connectivity index (χ1n) is 6.09. The average Bonchev–Trinajstić information content (AvgIpc) is 2.86. The number of methoxy groups -OCH3 is 1. The van der Waals surface area contributed by atoms with Crippen molar-refractivity contribution in [2.75, 3.05) is 19.5 Å². The Labute approximate surface area is 106 Å². The van der Waals surface area contributed by atoms with E-state index in [2.05, 4.69) is 20.8 Å². The molecule has 0 aliphatic heterocycles. The minimum atomic E-state index is -0.195. The summed E-state index contributed by atoms with van der Waals surface area (Å²) in [6.45, 7) is 0. The first-order valence-corrected chi connectivity index (χ1v) is 6.09. The van der Waals surface area contributed by atoms with Crippen LogP contribution in [-0.2, 0) is 4.74 Å². The quantitative estimate of drug-likeness (QED) is 0.827. The van der Waals surface area contributed by atoms with Crippen LogP contribution in [0, 0.1) is 0 Å². The van der Waals surface area contributed by atoms with Gasteiger partial charge in [0, 0.05) is 14.2 Å². The molecule has 0 spiro atoms. The van der Waals surface area contributed by atoms with E-state index in [4.69, 9.17) is 4.74 Å². The maximum atomic E-state index is 12.0. The van der Waals surface area contributed by atoms with Crippen molar-refractivity contribution in [2.24, 2.45) is 0 Å². The number of nitrogens with one attached hydrogen (secondary N) is 2.